The lowest BCUT2D eigenvalue weighted by molar-refractivity contribution is -0.134. The van der Waals surface area contributed by atoms with Gasteiger partial charge >= 0.3 is 6.18 Å². The molecule has 0 spiro atoms. The Balaban J connectivity index is 1.96. The van der Waals surface area contributed by atoms with Crippen molar-refractivity contribution in [2.24, 2.45) is 10.2 Å². The Morgan fingerprint density at radius 2 is 1.96 bits per heavy atom. The van der Waals surface area contributed by atoms with Gasteiger partial charge in [0.05, 0.1) is 11.9 Å². The molecular formula is C18H21F3N4S. The number of thiazole rings is 1. The van der Waals surface area contributed by atoms with Crippen LogP contribution in [0, 0.1) is 6.92 Å². The highest BCUT2D eigenvalue weighted by atomic mass is 32.1. The summed E-state index contributed by atoms with van der Waals surface area (Å²) in [5, 5.41) is 8.10. The maximum Gasteiger partial charge on any atom is 0.427 e. The summed E-state index contributed by atoms with van der Waals surface area (Å²) in [7, 11) is 0. The lowest BCUT2D eigenvalue weighted by Gasteiger charge is -2.30. The highest BCUT2D eigenvalue weighted by molar-refractivity contribution is 7.15. The van der Waals surface area contributed by atoms with Crippen molar-refractivity contribution < 1.29 is 13.2 Å². The quantitative estimate of drug-likeness (QED) is 0.577. The zero-order chi connectivity index (χ0) is 19.3. The molecule has 1 aromatic carbocycles. The number of fused-ring (bicyclic) bond motifs is 1. The molecule has 140 valence electrons. The molecule has 3 rings (SSSR count). The number of halogens is 3. The molecule has 0 fully saturated rings. The minimum Gasteiger partial charge on any atom is -0.368 e. The number of aromatic nitrogens is 1. The van der Waals surface area contributed by atoms with Crippen LogP contribution in [-0.4, -0.2) is 17.6 Å². The molecule has 0 radical (unpaired) electrons. The summed E-state index contributed by atoms with van der Waals surface area (Å²) >= 11 is 0.490. The van der Waals surface area contributed by atoms with Crippen LogP contribution in [0.1, 0.15) is 43.7 Å². The normalized spacial score (nSPS) is 19.4. The second-order valence-electron chi connectivity index (χ2n) is 7.04. The van der Waals surface area contributed by atoms with Crippen molar-refractivity contribution in [3.63, 3.8) is 0 Å². The maximum atomic E-state index is 12.7. The van der Waals surface area contributed by atoms with Gasteiger partial charge < -0.3 is 4.90 Å². The molecule has 0 saturated heterocycles. The Labute approximate surface area is 154 Å². The van der Waals surface area contributed by atoms with Gasteiger partial charge in [0.2, 0.25) is 5.13 Å². The molecule has 0 aliphatic carbocycles. The summed E-state index contributed by atoms with van der Waals surface area (Å²) in [6.45, 7) is 11.6. The molecule has 8 heteroatoms. The summed E-state index contributed by atoms with van der Waals surface area (Å²) in [5.74, 6) is 0. The number of hydrogen-bond acceptors (Lipinski definition) is 5. The van der Waals surface area contributed by atoms with Gasteiger partial charge in [-0.15, -0.1) is 10.2 Å². The largest absolute Gasteiger partial charge is 0.427 e. The van der Waals surface area contributed by atoms with E-state index in [1.807, 2.05) is 13.0 Å². The van der Waals surface area contributed by atoms with Crippen molar-refractivity contribution in [1.82, 2.24) is 4.98 Å². The summed E-state index contributed by atoms with van der Waals surface area (Å²) in [6, 6.07) is 4.43. The third kappa shape index (κ3) is 3.11. The van der Waals surface area contributed by atoms with Crippen LogP contribution in [0.3, 0.4) is 0 Å². The van der Waals surface area contributed by atoms with Gasteiger partial charge in [0.25, 0.3) is 0 Å². The van der Waals surface area contributed by atoms with E-state index in [-0.39, 0.29) is 10.5 Å². The predicted octanol–water partition coefficient (Wildman–Crippen LogP) is 6.39. The van der Waals surface area contributed by atoms with Crippen LogP contribution in [-0.2, 0) is 11.6 Å². The second kappa shape index (κ2) is 6.33. The lowest BCUT2D eigenvalue weighted by Crippen LogP contribution is -2.38. The topological polar surface area (TPSA) is 40.9 Å². The molecule has 1 atom stereocenters. The summed E-state index contributed by atoms with van der Waals surface area (Å²) < 4.78 is 38.0. The number of aryl methyl sites for hydroxylation is 1. The second-order valence-corrected chi connectivity index (χ2v) is 8.05. The van der Waals surface area contributed by atoms with E-state index in [0.717, 1.165) is 18.3 Å². The van der Waals surface area contributed by atoms with E-state index in [9.17, 15) is 13.2 Å². The Morgan fingerprint density at radius 1 is 1.27 bits per heavy atom. The molecule has 1 aliphatic heterocycles. The van der Waals surface area contributed by atoms with Crippen LogP contribution in [0.5, 0.6) is 0 Å². The molecule has 0 amide bonds. The summed E-state index contributed by atoms with van der Waals surface area (Å²) in [4.78, 5) is 5.28. The molecule has 1 aliphatic rings. The van der Waals surface area contributed by atoms with Crippen molar-refractivity contribution >= 4 is 27.8 Å². The van der Waals surface area contributed by atoms with E-state index >= 15 is 0 Å². The molecular weight excluding hydrogens is 361 g/mol. The molecule has 26 heavy (non-hydrogen) atoms. The van der Waals surface area contributed by atoms with Gasteiger partial charge in [-0.05, 0) is 44.0 Å². The number of anilines is 1. The van der Waals surface area contributed by atoms with Crippen LogP contribution in [0.25, 0.3) is 0 Å². The fraction of sp³-hybridized carbons (Fsp3) is 0.500. The summed E-state index contributed by atoms with van der Waals surface area (Å²) in [6.07, 6.45) is -3.61. The van der Waals surface area contributed by atoms with E-state index in [0.29, 0.717) is 23.1 Å². The van der Waals surface area contributed by atoms with Crippen molar-refractivity contribution in [2.45, 2.75) is 52.3 Å². The lowest BCUT2D eigenvalue weighted by atomic mass is 9.81. The minimum atomic E-state index is -4.40. The average molecular weight is 382 g/mol. The average Bonchev–Trinajstić information content (AvgIpc) is 3.09. The monoisotopic (exact) mass is 382 g/mol. The minimum absolute atomic E-state index is 0.0000338. The third-order valence-corrected chi connectivity index (χ3v) is 6.11. The Hall–Kier alpha value is -1.96. The molecule has 2 heterocycles. The SMILES string of the molecule is CCN1c2cc(C)c(N=Nc3ncc(C(F)(F)F)s3)cc2C(C)(C)C1C. The van der Waals surface area contributed by atoms with Gasteiger partial charge in [-0.1, -0.05) is 25.2 Å². The van der Waals surface area contributed by atoms with Gasteiger partial charge in [0.15, 0.2) is 0 Å². The standard InChI is InChI=1S/C18H21F3N4S/c1-6-25-11(3)17(4,5)12-8-13(10(2)7-14(12)25)23-24-16-22-9-15(26-16)18(19,20)21/h7-9,11H,6H2,1-5H3. The van der Waals surface area contributed by atoms with E-state index < -0.39 is 11.1 Å². The Morgan fingerprint density at radius 3 is 2.54 bits per heavy atom. The first kappa shape index (κ1) is 18.8. The number of benzene rings is 1. The number of hydrogen-bond donors (Lipinski definition) is 0. The first-order chi connectivity index (χ1) is 12.1. The first-order valence-corrected chi connectivity index (χ1v) is 9.24. The number of nitrogens with zero attached hydrogens (tertiary/aromatic N) is 4. The van der Waals surface area contributed by atoms with Gasteiger partial charge in [0, 0.05) is 23.7 Å². The fourth-order valence-corrected chi connectivity index (χ4v) is 3.95. The zero-order valence-electron chi connectivity index (χ0n) is 15.3. The molecule has 4 nitrogen and oxygen atoms in total. The van der Waals surface area contributed by atoms with E-state index in [2.05, 4.69) is 53.9 Å². The Bertz CT molecular complexity index is 855. The molecule has 0 saturated carbocycles. The van der Waals surface area contributed by atoms with Gasteiger partial charge in [-0.2, -0.15) is 13.2 Å². The molecule has 0 bridgehead atoms. The van der Waals surface area contributed by atoms with Crippen molar-refractivity contribution in [1.29, 1.82) is 0 Å². The number of likely N-dealkylation sites (N-methyl/N-ethyl adjacent to an activating group) is 1. The Kier molecular flexibility index (Phi) is 4.58. The molecule has 0 N–H and O–H groups in total. The molecule has 1 unspecified atom stereocenters. The van der Waals surface area contributed by atoms with Gasteiger partial charge in [0.1, 0.15) is 4.88 Å². The van der Waals surface area contributed by atoms with Crippen LogP contribution in [0.15, 0.2) is 28.6 Å². The van der Waals surface area contributed by atoms with E-state index in [1.165, 1.54) is 11.3 Å². The maximum absolute atomic E-state index is 12.7. The van der Waals surface area contributed by atoms with Gasteiger partial charge in [-0.25, -0.2) is 4.98 Å². The third-order valence-electron chi connectivity index (χ3n) is 5.19. The van der Waals surface area contributed by atoms with E-state index in [1.54, 1.807) is 0 Å². The van der Waals surface area contributed by atoms with E-state index in [4.69, 9.17) is 0 Å². The molecule has 2 aromatic rings. The summed E-state index contributed by atoms with van der Waals surface area (Å²) in [5.41, 5.74) is 3.92. The predicted molar refractivity (Wildman–Crippen MR) is 98.0 cm³/mol. The van der Waals surface area contributed by atoms with Crippen molar-refractivity contribution in [3.05, 3.63) is 34.3 Å². The fourth-order valence-electron chi connectivity index (χ4n) is 3.35. The smallest absolute Gasteiger partial charge is 0.368 e. The highest BCUT2D eigenvalue weighted by Crippen LogP contribution is 2.47. The first-order valence-electron chi connectivity index (χ1n) is 8.42. The zero-order valence-corrected chi connectivity index (χ0v) is 16.2. The van der Waals surface area contributed by atoms with Crippen LogP contribution >= 0.6 is 11.3 Å². The van der Waals surface area contributed by atoms with Crippen LogP contribution < -0.4 is 4.90 Å². The van der Waals surface area contributed by atoms with Crippen LogP contribution in [0.4, 0.5) is 29.7 Å². The van der Waals surface area contributed by atoms with Crippen molar-refractivity contribution in [3.8, 4) is 0 Å². The number of alkyl halides is 3. The number of azo groups is 1. The number of rotatable bonds is 3. The van der Waals surface area contributed by atoms with Gasteiger partial charge in [-0.3, -0.25) is 0 Å². The van der Waals surface area contributed by atoms with Crippen LogP contribution in [0.2, 0.25) is 0 Å². The van der Waals surface area contributed by atoms with Crippen molar-refractivity contribution in [2.75, 3.05) is 11.4 Å². The highest BCUT2D eigenvalue weighted by Gasteiger charge is 2.41. The molecule has 1 aromatic heterocycles.